The van der Waals surface area contributed by atoms with Crippen molar-refractivity contribution in [2.75, 3.05) is 13.7 Å². The number of carbonyl (C=O) groups excluding carboxylic acids is 1. The van der Waals surface area contributed by atoms with Crippen LogP contribution in [-0.4, -0.2) is 24.6 Å². The van der Waals surface area contributed by atoms with Crippen molar-refractivity contribution in [1.82, 2.24) is 5.01 Å². The zero-order valence-electron chi connectivity index (χ0n) is 9.06. The number of ether oxygens (including phenoxy) is 1. The van der Waals surface area contributed by atoms with Gasteiger partial charge in [-0.2, -0.15) is 0 Å². The van der Waals surface area contributed by atoms with Crippen LogP contribution in [0.2, 0.25) is 0 Å². The largest absolute Gasteiger partial charge is 0.497 e. The van der Waals surface area contributed by atoms with Gasteiger partial charge in [-0.3, -0.25) is 9.80 Å². The molecule has 0 atom stereocenters. The average Bonchev–Trinajstić information content (AvgIpc) is 2.29. The van der Waals surface area contributed by atoms with E-state index in [0.717, 1.165) is 11.3 Å². The van der Waals surface area contributed by atoms with E-state index in [9.17, 15) is 4.79 Å². The molecule has 4 nitrogen and oxygen atoms in total. The van der Waals surface area contributed by atoms with Gasteiger partial charge in [-0.05, 0) is 24.6 Å². The number of nitrogens with zero attached hydrogens (tertiary/aromatic N) is 1. The lowest BCUT2D eigenvalue weighted by Gasteiger charge is -2.13. The molecular weight excluding hydrogens is 192 g/mol. The Kier molecular flexibility index (Phi) is 4.12. The summed E-state index contributed by atoms with van der Waals surface area (Å²) in [5, 5.41) is 1.21. The van der Waals surface area contributed by atoms with Crippen LogP contribution in [0.5, 0.6) is 5.75 Å². The number of amides is 1. The maximum absolute atomic E-state index is 11.5. The maximum Gasteiger partial charge on any atom is 0.240 e. The number of hydrogen-bond acceptors (Lipinski definition) is 3. The summed E-state index contributed by atoms with van der Waals surface area (Å²) in [6.07, 6.45) is 0.328. The van der Waals surface area contributed by atoms with E-state index >= 15 is 0 Å². The first-order chi connectivity index (χ1) is 7.17. The minimum Gasteiger partial charge on any atom is -0.497 e. The molecule has 0 fully saturated rings. The molecule has 82 valence electrons. The maximum atomic E-state index is 11.5. The molecular formula is C11H16N2O2. The normalized spacial score (nSPS) is 9.80. The molecule has 1 aromatic rings. The molecule has 4 heteroatoms. The summed E-state index contributed by atoms with van der Waals surface area (Å²) < 4.78 is 5.02. The minimum atomic E-state index is -0.0809. The van der Waals surface area contributed by atoms with E-state index in [0.29, 0.717) is 13.0 Å². The third kappa shape index (κ3) is 3.25. The van der Waals surface area contributed by atoms with Crippen molar-refractivity contribution in [3.63, 3.8) is 0 Å². The van der Waals surface area contributed by atoms with Crippen LogP contribution in [0.25, 0.3) is 0 Å². The van der Waals surface area contributed by atoms with Crippen LogP contribution in [0.1, 0.15) is 12.5 Å². The van der Waals surface area contributed by atoms with Gasteiger partial charge in [-0.15, -0.1) is 0 Å². The molecule has 15 heavy (non-hydrogen) atoms. The third-order valence-electron chi connectivity index (χ3n) is 2.18. The number of likely N-dealkylation sites (N-methyl/N-ethyl adjacent to an activating group) is 1. The second kappa shape index (κ2) is 5.36. The number of methoxy groups -OCH3 is 1. The fourth-order valence-corrected chi connectivity index (χ4v) is 1.20. The van der Waals surface area contributed by atoms with Crippen LogP contribution in [0.15, 0.2) is 24.3 Å². The van der Waals surface area contributed by atoms with Gasteiger partial charge in [-0.1, -0.05) is 12.1 Å². The van der Waals surface area contributed by atoms with Crippen molar-refractivity contribution in [2.45, 2.75) is 13.3 Å². The van der Waals surface area contributed by atoms with Gasteiger partial charge in [0, 0.05) is 6.54 Å². The molecule has 2 N–H and O–H groups in total. The first-order valence-electron chi connectivity index (χ1n) is 4.85. The molecule has 1 rings (SSSR count). The Bertz CT molecular complexity index is 322. The van der Waals surface area contributed by atoms with Crippen molar-refractivity contribution in [3.8, 4) is 5.75 Å². The molecule has 0 aliphatic rings. The van der Waals surface area contributed by atoms with E-state index < -0.39 is 0 Å². The summed E-state index contributed by atoms with van der Waals surface area (Å²) in [5.41, 5.74) is 0.935. The summed E-state index contributed by atoms with van der Waals surface area (Å²) in [6, 6.07) is 7.38. The molecule has 1 amide bonds. The first-order valence-corrected chi connectivity index (χ1v) is 4.85. The summed E-state index contributed by atoms with van der Waals surface area (Å²) in [7, 11) is 1.61. The molecule has 0 heterocycles. The quantitative estimate of drug-likeness (QED) is 0.455. The Labute approximate surface area is 89.6 Å². The summed E-state index contributed by atoms with van der Waals surface area (Å²) in [5.74, 6) is 6.18. The highest BCUT2D eigenvalue weighted by Gasteiger charge is 2.07. The predicted octanol–water partition coefficient (Wildman–Crippen LogP) is 0.960. The lowest BCUT2D eigenvalue weighted by Crippen LogP contribution is -2.38. The SMILES string of the molecule is CCN(N)C(=O)Cc1ccc(OC)cc1. The van der Waals surface area contributed by atoms with Crippen LogP contribution in [0.3, 0.4) is 0 Å². The lowest BCUT2D eigenvalue weighted by molar-refractivity contribution is -0.130. The van der Waals surface area contributed by atoms with Crippen molar-refractivity contribution >= 4 is 5.91 Å². The number of hydrogen-bond donors (Lipinski definition) is 1. The summed E-state index contributed by atoms with van der Waals surface area (Å²) in [4.78, 5) is 11.5. The van der Waals surface area contributed by atoms with Crippen LogP contribution in [-0.2, 0) is 11.2 Å². The predicted molar refractivity (Wildman–Crippen MR) is 58.3 cm³/mol. The van der Waals surface area contributed by atoms with Crippen LogP contribution < -0.4 is 10.6 Å². The number of hydrazine groups is 1. The Morgan fingerprint density at radius 2 is 2.00 bits per heavy atom. The fourth-order valence-electron chi connectivity index (χ4n) is 1.20. The molecule has 0 aromatic heterocycles. The fraction of sp³-hybridized carbons (Fsp3) is 0.364. The number of carbonyl (C=O) groups is 1. The van der Waals surface area contributed by atoms with Crippen molar-refractivity contribution in [1.29, 1.82) is 0 Å². The van der Waals surface area contributed by atoms with Gasteiger partial charge in [0.2, 0.25) is 5.91 Å². The van der Waals surface area contributed by atoms with Crippen molar-refractivity contribution in [3.05, 3.63) is 29.8 Å². The Morgan fingerprint density at radius 3 is 2.47 bits per heavy atom. The number of benzene rings is 1. The topological polar surface area (TPSA) is 55.6 Å². The lowest BCUT2D eigenvalue weighted by atomic mass is 10.1. The van der Waals surface area contributed by atoms with Gasteiger partial charge >= 0.3 is 0 Å². The Morgan fingerprint density at radius 1 is 1.40 bits per heavy atom. The zero-order chi connectivity index (χ0) is 11.3. The minimum absolute atomic E-state index is 0.0809. The average molecular weight is 208 g/mol. The summed E-state index contributed by atoms with van der Waals surface area (Å²) >= 11 is 0. The molecule has 0 aliphatic heterocycles. The second-order valence-corrected chi connectivity index (χ2v) is 3.20. The van der Waals surface area contributed by atoms with E-state index in [1.807, 2.05) is 31.2 Å². The monoisotopic (exact) mass is 208 g/mol. The van der Waals surface area contributed by atoms with Gasteiger partial charge in [0.15, 0.2) is 0 Å². The highest BCUT2D eigenvalue weighted by molar-refractivity contribution is 5.78. The van der Waals surface area contributed by atoms with Crippen LogP contribution >= 0.6 is 0 Å². The second-order valence-electron chi connectivity index (χ2n) is 3.20. The van der Waals surface area contributed by atoms with Gasteiger partial charge in [0.25, 0.3) is 0 Å². The molecule has 0 aliphatic carbocycles. The molecule has 0 bridgehead atoms. The van der Waals surface area contributed by atoms with E-state index in [2.05, 4.69) is 0 Å². The van der Waals surface area contributed by atoms with Gasteiger partial charge in [-0.25, -0.2) is 5.84 Å². The smallest absolute Gasteiger partial charge is 0.240 e. The number of nitrogens with two attached hydrogens (primary N) is 1. The first kappa shape index (κ1) is 11.5. The van der Waals surface area contributed by atoms with E-state index in [-0.39, 0.29) is 5.91 Å². The van der Waals surface area contributed by atoms with Gasteiger partial charge < -0.3 is 4.74 Å². The highest BCUT2D eigenvalue weighted by Crippen LogP contribution is 2.11. The zero-order valence-corrected chi connectivity index (χ0v) is 9.06. The molecule has 0 saturated heterocycles. The molecule has 0 saturated carbocycles. The molecule has 0 unspecified atom stereocenters. The van der Waals surface area contributed by atoms with E-state index in [1.54, 1.807) is 7.11 Å². The van der Waals surface area contributed by atoms with Crippen molar-refractivity contribution in [2.24, 2.45) is 5.84 Å². The Balaban J connectivity index is 2.61. The van der Waals surface area contributed by atoms with Crippen molar-refractivity contribution < 1.29 is 9.53 Å². The number of rotatable bonds is 4. The third-order valence-corrected chi connectivity index (χ3v) is 2.18. The highest BCUT2D eigenvalue weighted by atomic mass is 16.5. The van der Waals surface area contributed by atoms with E-state index in [4.69, 9.17) is 10.6 Å². The Hall–Kier alpha value is -1.55. The van der Waals surface area contributed by atoms with Crippen LogP contribution in [0, 0.1) is 0 Å². The van der Waals surface area contributed by atoms with Crippen LogP contribution in [0.4, 0.5) is 0 Å². The standard InChI is InChI=1S/C11H16N2O2/c1-3-13(12)11(14)8-9-4-6-10(15-2)7-5-9/h4-7H,3,8,12H2,1-2H3. The van der Waals surface area contributed by atoms with Gasteiger partial charge in [0.1, 0.15) is 5.75 Å². The molecule has 1 aromatic carbocycles. The molecule has 0 radical (unpaired) electrons. The molecule has 0 spiro atoms. The van der Waals surface area contributed by atoms with E-state index in [1.165, 1.54) is 5.01 Å². The summed E-state index contributed by atoms with van der Waals surface area (Å²) in [6.45, 7) is 2.36. The van der Waals surface area contributed by atoms with Gasteiger partial charge in [0.05, 0.1) is 13.5 Å².